The second-order valence-corrected chi connectivity index (χ2v) is 8.11. The molecule has 1 unspecified atom stereocenters. The predicted molar refractivity (Wildman–Crippen MR) is 127 cm³/mol. The number of ether oxygens (including phenoxy) is 3. The van der Waals surface area contributed by atoms with Crippen molar-refractivity contribution in [2.45, 2.75) is 26.3 Å². The van der Waals surface area contributed by atoms with Crippen molar-refractivity contribution in [3.63, 3.8) is 0 Å². The summed E-state index contributed by atoms with van der Waals surface area (Å²) < 4.78 is 21.6. The molecule has 1 fully saturated rings. The minimum Gasteiger partial charge on any atom is -0.494 e. The minimum absolute atomic E-state index is 0.00916. The van der Waals surface area contributed by atoms with Crippen LogP contribution in [0.25, 0.3) is 11.4 Å². The largest absolute Gasteiger partial charge is 0.494 e. The van der Waals surface area contributed by atoms with E-state index in [9.17, 15) is 4.79 Å². The van der Waals surface area contributed by atoms with Crippen LogP contribution in [0.1, 0.15) is 25.7 Å². The van der Waals surface area contributed by atoms with Crippen LogP contribution in [0.4, 0.5) is 5.69 Å². The molecule has 0 bridgehead atoms. The molecule has 9 heteroatoms. The first-order valence-electron chi connectivity index (χ1n) is 11.4. The van der Waals surface area contributed by atoms with Crippen LogP contribution >= 0.6 is 0 Å². The summed E-state index contributed by atoms with van der Waals surface area (Å²) >= 11 is 0. The van der Waals surface area contributed by atoms with E-state index in [0.717, 1.165) is 36.4 Å². The van der Waals surface area contributed by atoms with Crippen LogP contribution in [0.3, 0.4) is 0 Å². The molecule has 1 aromatic heterocycles. The molecule has 2 aromatic carbocycles. The lowest BCUT2D eigenvalue weighted by Crippen LogP contribution is -2.40. The van der Waals surface area contributed by atoms with E-state index in [0.29, 0.717) is 42.9 Å². The molecule has 1 amide bonds. The zero-order valence-electron chi connectivity index (χ0n) is 19.7. The van der Waals surface area contributed by atoms with Crippen molar-refractivity contribution in [1.82, 2.24) is 15.0 Å². The molecule has 0 radical (unpaired) electrons. The van der Waals surface area contributed by atoms with E-state index in [1.54, 1.807) is 14.2 Å². The number of piperidine rings is 1. The lowest BCUT2D eigenvalue weighted by Gasteiger charge is -2.30. The van der Waals surface area contributed by atoms with Crippen molar-refractivity contribution >= 4 is 11.6 Å². The van der Waals surface area contributed by atoms with Crippen LogP contribution in [0, 0.1) is 5.92 Å². The number of rotatable bonds is 9. The average Bonchev–Trinajstić information content (AvgIpc) is 3.32. The molecule has 180 valence electrons. The summed E-state index contributed by atoms with van der Waals surface area (Å²) in [5, 5.41) is 7.14. The SMILES string of the molecule is CCOc1cccc(NC(=O)C2CCCN(Cc3nc(-c4ccc(OC)c(OC)c4)no3)C2)c1. The van der Waals surface area contributed by atoms with Gasteiger partial charge in [-0.1, -0.05) is 11.2 Å². The molecular formula is C25H30N4O5. The fraction of sp³-hybridized carbons (Fsp3) is 0.400. The molecular weight excluding hydrogens is 436 g/mol. The Morgan fingerprint density at radius 3 is 2.82 bits per heavy atom. The third-order valence-electron chi connectivity index (χ3n) is 5.76. The van der Waals surface area contributed by atoms with Gasteiger partial charge in [-0.25, -0.2) is 0 Å². The van der Waals surface area contributed by atoms with Crippen molar-refractivity contribution in [2.24, 2.45) is 5.92 Å². The number of methoxy groups -OCH3 is 2. The van der Waals surface area contributed by atoms with E-state index in [1.807, 2.05) is 49.4 Å². The van der Waals surface area contributed by atoms with Gasteiger partial charge in [-0.05, 0) is 56.6 Å². The van der Waals surface area contributed by atoms with Gasteiger partial charge < -0.3 is 24.1 Å². The third kappa shape index (κ3) is 5.66. The average molecular weight is 467 g/mol. The third-order valence-corrected chi connectivity index (χ3v) is 5.76. The van der Waals surface area contributed by atoms with Crippen molar-refractivity contribution in [3.8, 4) is 28.6 Å². The van der Waals surface area contributed by atoms with Crippen molar-refractivity contribution < 1.29 is 23.5 Å². The Morgan fingerprint density at radius 2 is 2.03 bits per heavy atom. The zero-order chi connectivity index (χ0) is 23.9. The van der Waals surface area contributed by atoms with Gasteiger partial charge in [-0.15, -0.1) is 0 Å². The van der Waals surface area contributed by atoms with E-state index in [2.05, 4.69) is 20.4 Å². The van der Waals surface area contributed by atoms with Crippen molar-refractivity contribution in [2.75, 3.05) is 39.2 Å². The Hall–Kier alpha value is -3.59. The van der Waals surface area contributed by atoms with Gasteiger partial charge in [0.15, 0.2) is 11.5 Å². The number of nitrogens with one attached hydrogen (secondary N) is 1. The molecule has 1 saturated heterocycles. The standard InChI is InChI=1S/C25H30N4O5/c1-4-33-20-9-5-8-19(14-20)26-25(30)18-7-6-12-29(15-18)16-23-27-24(28-34-23)17-10-11-21(31-2)22(13-17)32-3/h5,8-11,13-14,18H,4,6-7,12,15-16H2,1-3H3,(H,26,30). The number of carbonyl (C=O) groups excluding carboxylic acids is 1. The first-order valence-corrected chi connectivity index (χ1v) is 11.4. The second kappa shape index (κ2) is 11.0. The normalized spacial score (nSPS) is 16.1. The Kier molecular flexibility index (Phi) is 7.64. The molecule has 1 atom stereocenters. The summed E-state index contributed by atoms with van der Waals surface area (Å²) in [7, 11) is 3.18. The van der Waals surface area contributed by atoms with Gasteiger partial charge in [0.05, 0.1) is 33.3 Å². The van der Waals surface area contributed by atoms with Gasteiger partial charge in [0, 0.05) is 23.9 Å². The monoisotopic (exact) mass is 466 g/mol. The maximum Gasteiger partial charge on any atom is 0.241 e. The number of carbonyl (C=O) groups is 1. The number of hydrogen-bond acceptors (Lipinski definition) is 8. The van der Waals surface area contributed by atoms with Gasteiger partial charge in [0.25, 0.3) is 0 Å². The molecule has 2 heterocycles. The summed E-state index contributed by atoms with van der Waals surface area (Å²) in [6, 6.07) is 12.9. The summed E-state index contributed by atoms with van der Waals surface area (Å²) in [4.78, 5) is 19.6. The molecule has 9 nitrogen and oxygen atoms in total. The fourth-order valence-corrected chi connectivity index (χ4v) is 4.09. The number of anilines is 1. The summed E-state index contributed by atoms with van der Waals surface area (Å²) in [6.45, 7) is 4.51. The van der Waals surface area contributed by atoms with E-state index in [-0.39, 0.29) is 11.8 Å². The summed E-state index contributed by atoms with van der Waals surface area (Å²) in [6.07, 6.45) is 1.77. The predicted octanol–water partition coefficient (Wildman–Crippen LogP) is 4.00. The second-order valence-electron chi connectivity index (χ2n) is 8.11. The van der Waals surface area contributed by atoms with Gasteiger partial charge in [-0.2, -0.15) is 4.98 Å². The highest BCUT2D eigenvalue weighted by atomic mass is 16.5. The zero-order valence-corrected chi connectivity index (χ0v) is 19.7. The Balaban J connectivity index is 1.37. The highest BCUT2D eigenvalue weighted by molar-refractivity contribution is 5.92. The molecule has 4 rings (SSSR count). The first kappa shape index (κ1) is 23.6. The van der Waals surface area contributed by atoms with Gasteiger partial charge >= 0.3 is 0 Å². The number of nitrogens with zero attached hydrogens (tertiary/aromatic N) is 3. The first-order chi connectivity index (χ1) is 16.6. The van der Waals surface area contributed by atoms with E-state index in [4.69, 9.17) is 18.7 Å². The molecule has 34 heavy (non-hydrogen) atoms. The Bertz CT molecular complexity index is 1120. The number of hydrogen-bond donors (Lipinski definition) is 1. The van der Waals surface area contributed by atoms with Crippen LogP contribution in [-0.4, -0.2) is 54.9 Å². The summed E-state index contributed by atoms with van der Waals surface area (Å²) in [5.74, 6) is 2.87. The number of aromatic nitrogens is 2. The van der Waals surface area contributed by atoms with Crippen LogP contribution < -0.4 is 19.5 Å². The molecule has 1 aliphatic heterocycles. The molecule has 1 N–H and O–H groups in total. The summed E-state index contributed by atoms with van der Waals surface area (Å²) in [5.41, 5.74) is 1.52. The highest BCUT2D eigenvalue weighted by Gasteiger charge is 2.27. The molecule has 3 aromatic rings. The number of benzene rings is 2. The maximum absolute atomic E-state index is 12.9. The highest BCUT2D eigenvalue weighted by Crippen LogP contribution is 2.31. The smallest absolute Gasteiger partial charge is 0.241 e. The quantitative estimate of drug-likeness (QED) is 0.505. The Labute approximate surface area is 199 Å². The van der Waals surface area contributed by atoms with Gasteiger partial charge in [-0.3, -0.25) is 9.69 Å². The molecule has 1 aliphatic rings. The fourth-order valence-electron chi connectivity index (χ4n) is 4.09. The van der Waals surface area contributed by atoms with E-state index < -0.39 is 0 Å². The van der Waals surface area contributed by atoms with Crippen LogP contribution in [0.15, 0.2) is 47.0 Å². The van der Waals surface area contributed by atoms with Crippen LogP contribution in [0.2, 0.25) is 0 Å². The maximum atomic E-state index is 12.9. The van der Waals surface area contributed by atoms with Crippen molar-refractivity contribution in [3.05, 3.63) is 48.4 Å². The van der Waals surface area contributed by atoms with Gasteiger partial charge in [0.1, 0.15) is 5.75 Å². The lowest BCUT2D eigenvalue weighted by molar-refractivity contribution is -0.121. The van der Waals surface area contributed by atoms with E-state index >= 15 is 0 Å². The molecule has 0 spiro atoms. The molecule has 0 aliphatic carbocycles. The van der Waals surface area contributed by atoms with Crippen LogP contribution in [0.5, 0.6) is 17.2 Å². The number of likely N-dealkylation sites (tertiary alicyclic amines) is 1. The topological polar surface area (TPSA) is 99.0 Å². The Morgan fingerprint density at radius 1 is 1.18 bits per heavy atom. The lowest BCUT2D eigenvalue weighted by atomic mass is 9.97. The van der Waals surface area contributed by atoms with E-state index in [1.165, 1.54) is 0 Å². The van der Waals surface area contributed by atoms with Crippen LogP contribution in [-0.2, 0) is 11.3 Å². The van der Waals surface area contributed by atoms with Crippen molar-refractivity contribution in [1.29, 1.82) is 0 Å². The minimum atomic E-state index is -0.113. The number of amides is 1. The van der Waals surface area contributed by atoms with Gasteiger partial charge in [0.2, 0.25) is 17.6 Å². The molecule has 0 saturated carbocycles.